The topological polar surface area (TPSA) is 116 Å². The van der Waals surface area contributed by atoms with Gasteiger partial charge < -0.3 is 9.84 Å². The maximum absolute atomic E-state index is 13.0. The standard InChI is InChI=1S/C20H23BrN2O6S/c1-13-2-8-18(21)14(10-13)12-29-16-4-6-17(7-5-16)30(27,28)23-11-15(24)3-9-19(23)20(25)22-26/h2,4-8,10,15,19,24,26H,3,9,11-12H2,1H3,(H,22,25). The third kappa shape index (κ3) is 5.01. The second-order valence-corrected chi connectivity index (χ2v) is 9.90. The lowest BCUT2D eigenvalue weighted by Crippen LogP contribution is -2.54. The summed E-state index contributed by atoms with van der Waals surface area (Å²) in [5.74, 6) is -0.333. The number of amides is 1. The first-order valence-electron chi connectivity index (χ1n) is 9.34. The second-order valence-electron chi connectivity index (χ2n) is 7.15. The molecule has 3 rings (SSSR count). The number of rotatable bonds is 6. The molecule has 3 N–H and O–H groups in total. The largest absolute Gasteiger partial charge is 0.489 e. The van der Waals surface area contributed by atoms with E-state index < -0.39 is 28.1 Å². The predicted octanol–water partition coefficient (Wildman–Crippen LogP) is 2.36. The summed E-state index contributed by atoms with van der Waals surface area (Å²) in [5.41, 5.74) is 3.57. The van der Waals surface area contributed by atoms with Gasteiger partial charge in [0, 0.05) is 16.6 Å². The molecule has 0 radical (unpaired) electrons. The Hall–Kier alpha value is -1.98. The van der Waals surface area contributed by atoms with Crippen molar-refractivity contribution < 1.29 is 28.3 Å². The van der Waals surface area contributed by atoms with E-state index in [0.717, 1.165) is 19.9 Å². The van der Waals surface area contributed by atoms with Crippen molar-refractivity contribution in [1.82, 2.24) is 9.79 Å². The highest BCUT2D eigenvalue weighted by molar-refractivity contribution is 9.10. The lowest BCUT2D eigenvalue weighted by molar-refractivity contribution is -0.135. The Balaban J connectivity index is 1.76. The van der Waals surface area contributed by atoms with E-state index in [1.54, 1.807) is 0 Å². The first-order valence-corrected chi connectivity index (χ1v) is 11.6. The van der Waals surface area contributed by atoms with Crippen LogP contribution in [0.15, 0.2) is 51.8 Å². The fourth-order valence-corrected chi connectivity index (χ4v) is 5.36. The molecule has 2 aromatic rings. The number of sulfonamides is 1. The molecule has 1 fully saturated rings. The van der Waals surface area contributed by atoms with Crippen LogP contribution < -0.4 is 10.2 Å². The maximum Gasteiger partial charge on any atom is 0.261 e. The van der Waals surface area contributed by atoms with E-state index >= 15 is 0 Å². The molecular formula is C20H23BrN2O6S. The van der Waals surface area contributed by atoms with Gasteiger partial charge >= 0.3 is 0 Å². The van der Waals surface area contributed by atoms with Gasteiger partial charge in [-0.05, 0) is 50.1 Å². The molecular weight excluding hydrogens is 476 g/mol. The zero-order chi connectivity index (χ0) is 21.9. The number of nitrogens with zero attached hydrogens (tertiary/aromatic N) is 1. The number of halogens is 1. The fourth-order valence-electron chi connectivity index (χ4n) is 3.34. The normalized spacial score (nSPS) is 20.0. The van der Waals surface area contributed by atoms with Crippen LogP contribution in [0, 0.1) is 6.92 Å². The van der Waals surface area contributed by atoms with Gasteiger partial charge in [0.05, 0.1) is 11.0 Å². The molecule has 1 aliphatic rings. The van der Waals surface area contributed by atoms with Crippen molar-refractivity contribution in [1.29, 1.82) is 0 Å². The summed E-state index contributed by atoms with van der Waals surface area (Å²) in [5, 5.41) is 18.8. The Morgan fingerprint density at radius 3 is 2.60 bits per heavy atom. The molecule has 162 valence electrons. The van der Waals surface area contributed by atoms with Gasteiger partial charge in [-0.25, -0.2) is 13.9 Å². The Morgan fingerprint density at radius 1 is 1.23 bits per heavy atom. The number of aliphatic hydroxyl groups excluding tert-OH is 1. The Morgan fingerprint density at radius 2 is 1.93 bits per heavy atom. The minimum absolute atomic E-state index is 0.0311. The SMILES string of the molecule is Cc1ccc(Br)c(COc2ccc(S(=O)(=O)N3CC(O)CCC3C(=O)NO)cc2)c1. The van der Waals surface area contributed by atoms with Crippen LogP contribution in [-0.4, -0.2) is 47.6 Å². The number of β-amino-alcohol motifs (C(OH)–C–C–N with tert-alkyl or cyclic N) is 1. The zero-order valence-electron chi connectivity index (χ0n) is 16.3. The predicted molar refractivity (Wildman–Crippen MR) is 113 cm³/mol. The van der Waals surface area contributed by atoms with Crippen molar-refractivity contribution >= 4 is 31.9 Å². The molecule has 8 nitrogen and oxygen atoms in total. The summed E-state index contributed by atoms with van der Waals surface area (Å²) >= 11 is 3.48. The quantitative estimate of drug-likeness (QED) is 0.415. The van der Waals surface area contributed by atoms with Crippen LogP contribution >= 0.6 is 15.9 Å². The molecule has 1 amide bonds. The first kappa shape index (κ1) is 22.7. The van der Waals surface area contributed by atoms with Crippen molar-refractivity contribution in [2.24, 2.45) is 0 Å². The number of nitrogens with one attached hydrogen (secondary N) is 1. The van der Waals surface area contributed by atoms with E-state index in [-0.39, 0.29) is 24.3 Å². The number of aliphatic hydroxyl groups is 1. The molecule has 0 spiro atoms. The average molecular weight is 499 g/mol. The van der Waals surface area contributed by atoms with Crippen LogP contribution in [0.1, 0.15) is 24.0 Å². The molecule has 1 aliphatic heterocycles. The number of hydroxylamine groups is 1. The molecule has 1 heterocycles. The van der Waals surface area contributed by atoms with Gasteiger partial charge in [0.15, 0.2) is 0 Å². The molecule has 1 saturated heterocycles. The Bertz CT molecular complexity index is 1010. The summed E-state index contributed by atoms with van der Waals surface area (Å²) < 4.78 is 33.7. The third-order valence-corrected chi connectivity index (χ3v) is 7.61. The smallest absolute Gasteiger partial charge is 0.261 e. The molecule has 0 saturated carbocycles. The number of carbonyl (C=O) groups is 1. The van der Waals surface area contributed by atoms with Crippen molar-refractivity contribution in [3.63, 3.8) is 0 Å². The van der Waals surface area contributed by atoms with Gasteiger partial charge in [-0.3, -0.25) is 10.0 Å². The number of aryl methyl sites for hydroxylation is 1. The highest BCUT2D eigenvalue weighted by Crippen LogP contribution is 2.27. The molecule has 0 bridgehead atoms. The van der Waals surface area contributed by atoms with E-state index in [2.05, 4.69) is 15.9 Å². The van der Waals surface area contributed by atoms with E-state index in [4.69, 9.17) is 9.94 Å². The van der Waals surface area contributed by atoms with Crippen LogP contribution in [-0.2, 0) is 21.4 Å². The van der Waals surface area contributed by atoms with E-state index in [9.17, 15) is 18.3 Å². The highest BCUT2D eigenvalue weighted by Gasteiger charge is 2.40. The number of carbonyl (C=O) groups excluding carboxylic acids is 1. The second kappa shape index (κ2) is 9.44. The summed E-state index contributed by atoms with van der Waals surface area (Å²) in [4.78, 5) is 11.9. The molecule has 30 heavy (non-hydrogen) atoms. The van der Waals surface area contributed by atoms with Gasteiger partial charge in [0.2, 0.25) is 10.0 Å². The van der Waals surface area contributed by atoms with Crippen LogP contribution in [0.4, 0.5) is 0 Å². The van der Waals surface area contributed by atoms with Crippen LogP contribution in [0.5, 0.6) is 5.75 Å². The maximum atomic E-state index is 13.0. The monoisotopic (exact) mass is 498 g/mol. The molecule has 2 atom stereocenters. The Labute approximate surface area is 183 Å². The number of hydrogen-bond acceptors (Lipinski definition) is 6. The van der Waals surface area contributed by atoms with Crippen molar-refractivity contribution in [3.8, 4) is 5.75 Å². The Kier molecular flexibility index (Phi) is 7.14. The third-order valence-electron chi connectivity index (χ3n) is 4.95. The summed E-state index contributed by atoms with van der Waals surface area (Å²) in [6.07, 6.45) is -0.497. The number of hydrogen-bond donors (Lipinski definition) is 3. The van der Waals surface area contributed by atoms with Crippen LogP contribution in [0.25, 0.3) is 0 Å². The van der Waals surface area contributed by atoms with Crippen molar-refractivity contribution in [2.45, 2.75) is 43.4 Å². The summed E-state index contributed by atoms with van der Waals surface area (Å²) in [6.45, 7) is 2.07. The van der Waals surface area contributed by atoms with E-state index in [1.165, 1.54) is 29.7 Å². The van der Waals surface area contributed by atoms with Crippen molar-refractivity contribution in [2.75, 3.05) is 6.54 Å². The van der Waals surface area contributed by atoms with Gasteiger partial charge in [-0.1, -0.05) is 33.6 Å². The molecule has 0 aliphatic carbocycles. The summed E-state index contributed by atoms with van der Waals surface area (Å²) in [6, 6.07) is 10.7. The number of ether oxygens (including phenoxy) is 1. The minimum atomic E-state index is -4.06. The lowest BCUT2D eigenvalue weighted by Gasteiger charge is -2.35. The van der Waals surface area contributed by atoms with Gasteiger partial charge in [-0.15, -0.1) is 0 Å². The minimum Gasteiger partial charge on any atom is -0.489 e. The molecule has 2 aromatic carbocycles. The van der Waals surface area contributed by atoms with E-state index in [0.29, 0.717) is 12.4 Å². The lowest BCUT2D eigenvalue weighted by atomic mass is 10.0. The van der Waals surface area contributed by atoms with Gasteiger partial charge in [0.1, 0.15) is 18.4 Å². The number of piperidine rings is 1. The molecule has 10 heteroatoms. The number of benzene rings is 2. The van der Waals surface area contributed by atoms with Gasteiger partial charge in [-0.2, -0.15) is 4.31 Å². The van der Waals surface area contributed by atoms with Gasteiger partial charge in [0.25, 0.3) is 5.91 Å². The average Bonchev–Trinajstić information content (AvgIpc) is 2.74. The van der Waals surface area contributed by atoms with Crippen LogP contribution in [0.2, 0.25) is 0 Å². The summed E-state index contributed by atoms with van der Waals surface area (Å²) in [7, 11) is -4.06. The highest BCUT2D eigenvalue weighted by atomic mass is 79.9. The van der Waals surface area contributed by atoms with E-state index in [1.807, 2.05) is 25.1 Å². The molecule has 0 aromatic heterocycles. The first-order chi connectivity index (χ1) is 14.2. The fraction of sp³-hybridized carbons (Fsp3) is 0.350. The molecule has 2 unspecified atom stereocenters. The van der Waals surface area contributed by atoms with Crippen LogP contribution in [0.3, 0.4) is 0 Å². The zero-order valence-corrected chi connectivity index (χ0v) is 18.7. The van der Waals surface area contributed by atoms with Crippen molar-refractivity contribution in [3.05, 3.63) is 58.1 Å².